The van der Waals surface area contributed by atoms with Crippen molar-refractivity contribution in [2.75, 3.05) is 39.3 Å². The molecule has 2 aromatic carbocycles. The summed E-state index contributed by atoms with van der Waals surface area (Å²) in [6.07, 6.45) is 0.430. The third-order valence-corrected chi connectivity index (χ3v) is 7.55. The molecule has 148 valence electrons. The monoisotopic (exact) mass is 402 g/mol. The summed E-state index contributed by atoms with van der Waals surface area (Å²) in [7, 11) is 1.05. The Kier molecular flexibility index (Phi) is 4.35. The van der Waals surface area contributed by atoms with Gasteiger partial charge in [-0.05, 0) is 42.3 Å². The molecule has 0 N–H and O–H groups in total. The quantitative estimate of drug-likeness (QED) is 0.782. The molecule has 0 aromatic heterocycles. The molecule has 1 amide bonds. The van der Waals surface area contributed by atoms with Gasteiger partial charge >= 0.3 is 0 Å². The molecular formula is C20H22N2O5S. The van der Waals surface area contributed by atoms with Crippen LogP contribution in [0.25, 0.3) is 0 Å². The number of methoxy groups -OCH3 is 2. The van der Waals surface area contributed by atoms with Gasteiger partial charge < -0.3 is 14.4 Å². The van der Waals surface area contributed by atoms with E-state index in [9.17, 15) is 13.2 Å². The Morgan fingerprint density at radius 1 is 1.04 bits per heavy atom. The average molecular weight is 402 g/mol. The Bertz CT molecular complexity index is 1050. The van der Waals surface area contributed by atoms with Crippen LogP contribution in [-0.4, -0.2) is 53.0 Å². The van der Waals surface area contributed by atoms with Gasteiger partial charge in [0.15, 0.2) is 0 Å². The van der Waals surface area contributed by atoms with E-state index in [1.54, 1.807) is 43.3 Å². The van der Waals surface area contributed by atoms with Gasteiger partial charge in [-0.25, -0.2) is 8.42 Å². The highest BCUT2D eigenvalue weighted by Gasteiger charge is 2.55. The van der Waals surface area contributed by atoms with Crippen LogP contribution in [-0.2, 0) is 20.2 Å². The van der Waals surface area contributed by atoms with Gasteiger partial charge in [0, 0.05) is 31.9 Å². The number of benzene rings is 2. The molecule has 4 rings (SSSR count). The van der Waals surface area contributed by atoms with Crippen molar-refractivity contribution in [1.29, 1.82) is 0 Å². The predicted octanol–water partition coefficient (Wildman–Crippen LogP) is 2.01. The number of nitrogens with zero attached hydrogens (tertiary/aromatic N) is 2. The lowest BCUT2D eigenvalue weighted by Crippen LogP contribution is -2.42. The number of anilines is 1. The van der Waals surface area contributed by atoms with Gasteiger partial charge in [0.2, 0.25) is 15.9 Å². The summed E-state index contributed by atoms with van der Waals surface area (Å²) in [6.45, 7) is 0.381. The Balaban J connectivity index is 1.73. The summed E-state index contributed by atoms with van der Waals surface area (Å²) in [6, 6.07) is 11.9. The van der Waals surface area contributed by atoms with Crippen LogP contribution < -0.4 is 14.4 Å². The van der Waals surface area contributed by atoms with Crippen LogP contribution in [0.4, 0.5) is 5.69 Å². The van der Waals surface area contributed by atoms with Crippen molar-refractivity contribution in [1.82, 2.24) is 4.31 Å². The molecule has 1 saturated heterocycles. The first kappa shape index (κ1) is 18.8. The van der Waals surface area contributed by atoms with Gasteiger partial charge in [-0.3, -0.25) is 4.79 Å². The zero-order valence-corrected chi connectivity index (χ0v) is 16.8. The number of sulfonamides is 1. The summed E-state index contributed by atoms with van der Waals surface area (Å²) in [4.78, 5) is 14.9. The van der Waals surface area contributed by atoms with Crippen LogP contribution in [0.2, 0.25) is 0 Å². The maximum absolute atomic E-state index is 13.2. The highest BCUT2D eigenvalue weighted by Crippen LogP contribution is 2.48. The molecule has 2 aromatic rings. The van der Waals surface area contributed by atoms with Crippen LogP contribution in [0.15, 0.2) is 47.4 Å². The highest BCUT2D eigenvalue weighted by atomic mass is 32.2. The van der Waals surface area contributed by atoms with Crippen LogP contribution in [0, 0.1) is 0 Å². The minimum absolute atomic E-state index is 0.0842. The second-order valence-electron chi connectivity index (χ2n) is 7.10. The number of amides is 1. The number of ether oxygens (including phenoxy) is 2. The second kappa shape index (κ2) is 6.49. The Hall–Kier alpha value is -2.58. The van der Waals surface area contributed by atoms with Crippen molar-refractivity contribution < 1.29 is 22.7 Å². The van der Waals surface area contributed by atoms with Crippen molar-refractivity contribution in [3.8, 4) is 11.5 Å². The first-order valence-electron chi connectivity index (χ1n) is 8.94. The standard InChI is InChI=1S/C20H22N2O5S/c1-21-18-8-7-15(27-3)12-17(18)20(19(21)23)9-10-22(13-20)28(24,25)16-6-4-5-14(11-16)26-2/h4-8,11-12H,9-10,13H2,1-3H3/t20-/m1/s1. The molecule has 0 radical (unpaired) electrons. The first-order chi connectivity index (χ1) is 13.3. The number of carbonyl (C=O) groups is 1. The van der Waals surface area contributed by atoms with E-state index in [2.05, 4.69) is 0 Å². The molecule has 7 nitrogen and oxygen atoms in total. The third kappa shape index (κ3) is 2.59. The lowest BCUT2D eigenvalue weighted by atomic mass is 9.81. The molecule has 1 fully saturated rings. The van der Waals surface area contributed by atoms with Crippen molar-refractivity contribution in [2.24, 2.45) is 0 Å². The molecule has 2 aliphatic rings. The van der Waals surface area contributed by atoms with E-state index in [1.807, 2.05) is 12.1 Å². The molecule has 0 saturated carbocycles. The maximum atomic E-state index is 13.2. The second-order valence-corrected chi connectivity index (χ2v) is 9.03. The average Bonchev–Trinajstić information content (AvgIpc) is 3.26. The van der Waals surface area contributed by atoms with E-state index < -0.39 is 15.4 Å². The van der Waals surface area contributed by atoms with Crippen molar-refractivity contribution in [3.05, 3.63) is 48.0 Å². The van der Waals surface area contributed by atoms with E-state index in [-0.39, 0.29) is 23.9 Å². The van der Waals surface area contributed by atoms with Gasteiger partial charge in [0.05, 0.1) is 24.5 Å². The van der Waals surface area contributed by atoms with E-state index in [1.165, 1.54) is 17.5 Å². The number of fused-ring (bicyclic) bond motifs is 2. The molecule has 8 heteroatoms. The Morgan fingerprint density at radius 2 is 1.75 bits per heavy atom. The van der Waals surface area contributed by atoms with Gasteiger partial charge in [0.1, 0.15) is 11.5 Å². The molecule has 1 spiro atoms. The van der Waals surface area contributed by atoms with E-state index in [0.717, 1.165) is 11.3 Å². The molecule has 28 heavy (non-hydrogen) atoms. The lowest BCUT2D eigenvalue weighted by molar-refractivity contribution is -0.122. The minimum atomic E-state index is -3.74. The summed E-state index contributed by atoms with van der Waals surface area (Å²) >= 11 is 0. The van der Waals surface area contributed by atoms with E-state index in [0.29, 0.717) is 17.9 Å². The third-order valence-electron chi connectivity index (χ3n) is 5.71. The molecule has 0 unspecified atom stereocenters. The largest absolute Gasteiger partial charge is 0.497 e. The molecule has 1 atom stereocenters. The molecule has 0 aliphatic carbocycles. The number of rotatable bonds is 4. The number of hydrogen-bond donors (Lipinski definition) is 0. The van der Waals surface area contributed by atoms with Crippen LogP contribution in [0.3, 0.4) is 0 Å². The highest BCUT2D eigenvalue weighted by molar-refractivity contribution is 7.89. The van der Waals surface area contributed by atoms with Gasteiger partial charge in [-0.1, -0.05) is 6.07 Å². The normalized spacial score (nSPS) is 22.0. The van der Waals surface area contributed by atoms with Gasteiger partial charge in [-0.15, -0.1) is 0 Å². The van der Waals surface area contributed by atoms with Gasteiger partial charge in [-0.2, -0.15) is 4.31 Å². The Labute approximate surface area is 164 Å². The maximum Gasteiger partial charge on any atom is 0.243 e. The molecule has 0 bridgehead atoms. The van der Waals surface area contributed by atoms with Crippen molar-refractivity contribution in [3.63, 3.8) is 0 Å². The number of carbonyl (C=O) groups excluding carboxylic acids is 1. The summed E-state index contributed by atoms with van der Waals surface area (Å²) < 4.78 is 38.2. The van der Waals surface area contributed by atoms with E-state index in [4.69, 9.17) is 9.47 Å². The smallest absolute Gasteiger partial charge is 0.243 e. The minimum Gasteiger partial charge on any atom is -0.497 e. The lowest BCUT2D eigenvalue weighted by Gasteiger charge is -2.23. The fraction of sp³-hybridized carbons (Fsp3) is 0.350. The summed E-state index contributed by atoms with van der Waals surface area (Å²) in [5, 5.41) is 0. The predicted molar refractivity (Wildman–Crippen MR) is 104 cm³/mol. The van der Waals surface area contributed by atoms with Crippen molar-refractivity contribution >= 4 is 21.6 Å². The first-order valence-corrected chi connectivity index (χ1v) is 10.4. The summed E-state index contributed by atoms with van der Waals surface area (Å²) in [5.74, 6) is 1.04. The fourth-order valence-corrected chi connectivity index (χ4v) is 5.68. The number of likely N-dealkylation sites (N-methyl/N-ethyl adjacent to an activating group) is 1. The van der Waals surface area contributed by atoms with Crippen LogP contribution in [0.1, 0.15) is 12.0 Å². The van der Waals surface area contributed by atoms with Crippen LogP contribution >= 0.6 is 0 Å². The molecule has 2 heterocycles. The van der Waals surface area contributed by atoms with E-state index >= 15 is 0 Å². The Morgan fingerprint density at radius 3 is 2.46 bits per heavy atom. The SMILES string of the molecule is COc1cccc(S(=O)(=O)N2CC[C@]3(C2)C(=O)N(C)c2ccc(OC)cc23)c1. The molecular weight excluding hydrogens is 380 g/mol. The topological polar surface area (TPSA) is 76.2 Å². The zero-order valence-electron chi connectivity index (χ0n) is 16.0. The molecule has 2 aliphatic heterocycles. The van der Waals surface area contributed by atoms with Gasteiger partial charge in [0.25, 0.3) is 0 Å². The van der Waals surface area contributed by atoms with Crippen LogP contribution in [0.5, 0.6) is 11.5 Å². The fourth-order valence-electron chi connectivity index (χ4n) is 4.15. The summed E-state index contributed by atoms with van der Waals surface area (Å²) in [5.41, 5.74) is 0.735. The van der Waals surface area contributed by atoms with Crippen molar-refractivity contribution in [2.45, 2.75) is 16.7 Å². The number of hydrogen-bond acceptors (Lipinski definition) is 5. The zero-order chi connectivity index (χ0) is 20.1.